The van der Waals surface area contributed by atoms with Gasteiger partial charge in [0.2, 0.25) is 0 Å². The highest BCUT2D eigenvalue weighted by Gasteiger charge is 2.38. The summed E-state index contributed by atoms with van der Waals surface area (Å²) in [5, 5.41) is 0. The number of benzene rings is 1. The molecule has 3 nitrogen and oxygen atoms in total. The van der Waals surface area contributed by atoms with Crippen LogP contribution < -0.4 is 5.73 Å². The smallest absolute Gasteiger partial charge is 0.162 e. The molecule has 1 heterocycles. The minimum atomic E-state index is -0.517. The summed E-state index contributed by atoms with van der Waals surface area (Å²) in [7, 11) is 0. The van der Waals surface area contributed by atoms with Crippen molar-refractivity contribution < 1.29 is 9.47 Å². The average Bonchev–Trinajstić information content (AvgIpc) is 2.24. The lowest BCUT2D eigenvalue weighted by Crippen LogP contribution is -2.54. The first kappa shape index (κ1) is 10.6. The minimum absolute atomic E-state index is 0.490. The maximum absolute atomic E-state index is 6.25. The van der Waals surface area contributed by atoms with Crippen molar-refractivity contribution in [2.45, 2.75) is 25.2 Å². The zero-order valence-electron chi connectivity index (χ0n) is 9.19. The van der Waals surface area contributed by atoms with Crippen molar-refractivity contribution in [3.05, 3.63) is 35.9 Å². The second kappa shape index (κ2) is 3.59. The van der Waals surface area contributed by atoms with E-state index in [1.165, 1.54) is 0 Å². The standard InChI is InChI=1S/C12H17NO2/c1-11(2)14-8-12(13,9-15-11)10-6-4-3-5-7-10/h3-7H,8-9,13H2,1-2H3. The summed E-state index contributed by atoms with van der Waals surface area (Å²) in [5.41, 5.74) is 6.79. The van der Waals surface area contributed by atoms with Crippen molar-refractivity contribution in [2.75, 3.05) is 13.2 Å². The first-order valence-corrected chi connectivity index (χ1v) is 5.14. The predicted octanol–water partition coefficient (Wildman–Crippen LogP) is 1.62. The van der Waals surface area contributed by atoms with E-state index >= 15 is 0 Å². The fraction of sp³-hybridized carbons (Fsp3) is 0.500. The van der Waals surface area contributed by atoms with Gasteiger partial charge in [-0.25, -0.2) is 0 Å². The summed E-state index contributed by atoms with van der Waals surface area (Å²) < 4.78 is 11.2. The van der Waals surface area contributed by atoms with Gasteiger partial charge in [0.15, 0.2) is 5.79 Å². The Morgan fingerprint density at radius 1 is 1.07 bits per heavy atom. The predicted molar refractivity (Wildman–Crippen MR) is 58.3 cm³/mol. The Kier molecular flexibility index (Phi) is 2.54. The van der Waals surface area contributed by atoms with Gasteiger partial charge >= 0.3 is 0 Å². The van der Waals surface area contributed by atoms with Crippen LogP contribution in [0.5, 0.6) is 0 Å². The van der Waals surface area contributed by atoms with Gasteiger partial charge in [0.25, 0.3) is 0 Å². The SMILES string of the molecule is CC1(C)OCC(N)(c2ccccc2)CO1. The van der Waals surface area contributed by atoms with Gasteiger partial charge in [-0.05, 0) is 19.4 Å². The quantitative estimate of drug-likeness (QED) is 0.761. The summed E-state index contributed by atoms with van der Waals surface area (Å²) in [6.45, 7) is 4.78. The number of hydrogen-bond donors (Lipinski definition) is 1. The van der Waals surface area contributed by atoms with Gasteiger partial charge in [-0.3, -0.25) is 0 Å². The molecule has 0 amide bonds. The van der Waals surface area contributed by atoms with Crippen molar-refractivity contribution in [3.8, 4) is 0 Å². The molecule has 1 aromatic carbocycles. The van der Waals surface area contributed by atoms with Crippen molar-refractivity contribution in [1.29, 1.82) is 0 Å². The number of ether oxygens (including phenoxy) is 2. The molecule has 0 unspecified atom stereocenters. The third kappa shape index (κ3) is 2.20. The third-order valence-electron chi connectivity index (χ3n) is 2.70. The summed E-state index contributed by atoms with van der Waals surface area (Å²) in [4.78, 5) is 0. The van der Waals surface area contributed by atoms with Crippen LogP contribution in [0.4, 0.5) is 0 Å². The molecule has 0 bridgehead atoms. The lowest BCUT2D eigenvalue weighted by molar-refractivity contribution is -0.268. The highest BCUT2D eigenvalue weighted by molar-refractivity contribution is 5.24. The van der Waals surface area contributed by atoms with Crippen LogP contribution in [0.2, 0.25) is 0 Å². The molecule has 2 rings (SSSR count). The van der Waals surface area contributed by atoms with E-state index in [9.17, 15) is 0 Å². The molecular weight excluding hydrogens is 190 g/mol. The molecule has 2 N–H and O–H groups in total. The number of hydrogen-bond acceptors (Lipinski definition) is 3. The first-order valence-electron chi connectivity index (χ1n) is 5.14. The van der Waals surface area contributed by atoms with E-state index in [0.29, 0.717) is 13.2 Å². The van der Waals surface area contributed by atoms with E-state index in [1.807, 2.05) is 44.2 Å². The van der Waals surface area contributed by atoms with E-state index in [2.05, 4.69) is 0 Å². The van der Waals surface area contributed by atoms with Crippen LogP contribution in [0.25, 0.3) is 0 Å². The van der Waals surface area contributed by atoms with Crippen LogP contribution in [-0.2, 0) is 15.0 Å². The van der Waals surface area contributed by atoms with Crippen molar-refractivity contribution in [1.82, 2.24) is 0 Å². The summed E-state index contributed by atoms with van der Waals surface area (Å²) in [6, 6.07) is 9.94. The number of nitrogens with two attached hydrogens (primary N) is 1. The van der Waals surface area contributed by atoms with Crippen LogP contribution in [0.3, 0.4) is 0 Å². The van der Waals surface area contributed by atoms with Crippen LogP contribution in [0.15, 0.2) is 30.3 Å². The van der Waals surface area contributed by atoms with E-state index in [0.717, 1.165) is 5.56 Å². The maximum Gasteiger partial charge on any atom is 0.162 e. The molecule has 15 heavy (non-hydrogen) atoms. The van der Waals surface area contributed by atoms with Gasteiger partial charge in [0.05, 0.1) is 18.8 Å². The highest BCUT2D eigenvalue weighted by Crippen LogP contribution is 2.28. The highest BCUT2D eigenvalue weighted by atomic mass is 16.7. The molecule has 3 heteroatoms. The molecule has 0 radical (unpaired) electrons. The molecule has 0 aliphatic carbocycles. The lowest BCUT2D eigenvalue weighted by Gasteiger charge is -2.41. The third-order valence-corrected chi connectivity index (χ3v) is 2.70. The molecule has 1 saturated heterocycles. The second-order valence-electron chi connectivity index (χ2n) is 4.50. The fourth-order valence-electron chi connectivity index (χ4n) is 1.63. The Bertz CT molecular complexity index is 325. The maximum atomic E-state index is 6.25. The van der Waals surface area contributed by atoms with Gasteiger partial charge in [0.1, 0.15) is 0 Å². The van der Waals surface area contributed by atoms with Gasteiger partial charge in [-0.15, -0.1) is 0 Å². The Morgan fingerprint density at radius 2 is 1.60 bits per heavy atom. The van der Waals surface area contributed by atoms with Crippen LogP contribution in [0.1, 0.15) is 19.4 Å². The Labute approximate surface area is 90.2 Å². The van der Waals surface area contributed by atoms with E-state index in [4.69, 9.17) is 15.2 Å². The van der Waals surface area contributed by atoms with Crippen LogP contribution in [0, 0.1) is 0 Å². The molecule has 1 aliphatic rings. The van der Waals surface area contributed by atoms with E-state index in [1.54, 1.807) is 0 Å². The minimum Gasteiger partial charge on any atom is -0.348 e. The molecule has 1 fully saturated rings. The summed E-state index contributed by atoms with van der Waals surface area (Å²) in [5.74, 6) is -0.516. The number of rotatable bonds is 1. The molecule has 0 saturated carbocycles. The second-order valence-corrected chi connectivity index (χ2v) is 4.50. The zero-order valence-corrected chi connectivity index (χ0v) is 9.19. The molecule has 0 spiro atoms. The van der Waals surface area contributed by atoms with Crippen LogP contribution in [-0.4, -0.2) is 19.0 Å². The van der Waals surface area contributed by atoms with E-state index in [-0.39, 0.29) is 0 Å². The summed E-state index contributed by atoms with van der Waals surface area (Å²) in [6.07, 6.45) is 0. The molecule has 0 atom stereocenters. The molecule has 82 valence electrons. The lowest BCUT2D eigenvalue weighted by atomic mass is 9.92. The van der Waals surface area contributed by atoms with Gasteiger partial charge < -0.3 is 15.2 Å². The van der Waals surface area contributed by atoms with Gasteiger partial charge in [0, 0.05) is 0 Å². The van der Waals surface area contributed by atoms with Crippen molar-refractivity contribution in [2.24, 2.45) is 5.73 Å². The molecular formula is C12H17NO2. The Hall–Kier alpha value is -0.900. The molecule has 1 aromatic rings. The average molecular weight is 207 g/mol. The molecule has 1 aliphatic heterocycles. The molecule has 0 aromatic heterocycles. The van der Waals surface area contributed by atoms with Crippen LogP contribution >= 0.6 is 0 Å². The first-order chi connectivity index (χ1) is 7.02. The fourth-order valence-corrected chi connectivity index (χ4v) is 1.63. The monoisotopic (exact) mass is 207 g/mol. The van der Waals surface area contributed by atoms with E-state index < -0.39 is 11.3 Å². The Balaban J connectivity index is 2.17. The van der Waals surface area contributed by atoms with Gasteiger partial charge in [-0.1, -0.05) is 30.3 Å². The largest absolute Gasteiger partial charge is 0.348 e. The Morgan fingerprint density at radius 3 is 2.13 bits per heavy atom. The topological polar surface area (TPSA) is 44.5 Å². The van der Waals surface area contributed by atoms with Crippen molar-refractivity contribution in [3.63, 3.8) is 0 Å². The van der Waals surface area contributed by atoms with Crippen molar-refractivity contribution >= 4 is 0 Å². The normalized spacial score (nSPS) is 23.7. The van der Waals surface area contributed by atoms with Gasteiger partial charge in [-0.2, -0.15) is 0 Å². The zero-order chi connectivity index (χ0) is 10.9. The summed E-state index contributed by atoms with van der Waals surface area (Å²) >= 11 is 0.